The van der Waals surface area contributed by atoms with Crippen LogP contribution in [0.3, 0.4) is 0 Å². The minimum atomic E-state index is -0.874. The van der Waals surface area contributed by atoms with Gasteiger partial charge in [0.05, 0.1) is 16.9 Å². The van der Waals surface area contributed by atoms with Gasteiger partial charge in [-0.3, -0.25) is 0 Å². The van der Waals surface area contributed by atoms with Gasteiger partial charge < -0.3 is 10.8 Å². The van der Waals surface area contributed by atoms with Crippen LogP contribution in [0.2, 0.25) is 0 Å². The first-order chi connectivity index (χ1) is 8.16. The number of carbonyl (C=O) groups is 1. The van der Waals surface area contributed by atoms with Gasteiger partial charge in [-0.05, 0) is 29.1 Å². The molecule has 6 heteroatoms. The second-order valence-electron chi connectivity index (χ2n) is 3.30. The number of nitrogens with zero attached hydrogens (tertiary/aromatic N) is 1. The number of hydrogen-bond donors (Lipinski definition) is 2. The maximum Gasteiger partial charge on any atom is 0.346 e. The Kier molecular flexibility index (Phi) is 3.65. The molecule has 0 aromatic carbocycles. The Bertz CT molecular complexity index is 523. The largest absolute Gasteiger partial charge is 0.477 e. The molecule has 0 saturated heterocycles. The molecule has 4 nitrogen and oxygen atoms in total. The first kappa shape index (κ1) is 11.9. The van der Waals surface area contributed by atoms with Crippen LogP contribution in [-0.2, 0) is 5.75 Å². The van der Waals surface area contributed by atoms with Crippen LogP contribution in [0.5, 0.6) is 0 Å². The van der Waals surface area contributed by atoms with E-state index in [-0.39, 0.29) is 0 Å². The van der Waals surface area contributed by atoms with Crippen molar-refractivity contribution in [2.45, 2.75) is 10.8 Å². The summed E-state index contributed by atoms with van der Waals surface area (Å²) in [5.74, 6) is -0.275. The lowest BCUT2D eigenvalue weighted by molar-refractivity contribution is 0.0701. The Morgan fingerprint density at radius 1 is 1.47 bits per heavy atom. The van der Waals surface area contributed by atoms with Crippen molar-refractivity contribution in [3.8, 4) is 0 Å². The predicted molar refractivity (Wildman–Crippen MR) is 69.5 cm³/mol. The average molecular weight is 266 g/mol. The molecule has 17 heavy (non-hydrogen) atoms. The Morgan fingerprint density at radius 3 is 2.94 bits per heavy atom. The number of rotatable bonds is 4. The minimum Gasteiger partial charge on any atom is -0.477 e. The number of pyridine rings is 1. The molecular formula is C11H10N2O2S2. The lowest BCUT2D eigenvalue weighted by atomic mass is 10.3. The molecule has 2 aromatic rings. The standard InChI is InChI=1S/C11H10N2O2S2/c12-8-1-2-9(13-5-8)17-6-7-3-4-16-10(7)11(14)15/h1-5H,6,12H2,(H,14,15). The summed E-state index contributed by atoms with van der Waals surface area (Å²) in [6, 6.07) is 5.44. The summed E-state index contributed by atoms with van der Waals surface area (Å²) < 4.78 is 0. The van der Waals surface area contributed by atoms with Crippen LogP contribution in [0.1, 0.15) is 15.2 Å². The Morgan fingerprint density at radius 2 is 2.29 bits per heavy atom. The first-order valence-electron chi connectivity index (χ1n) is 4.81. The molecule has 0 aliphatic heterocycles. The van der Waals surface area contributed by atoms with Crippen LogP contribution >= 0.6 is 23.1 Å². The molecule has 2 aromatic heterocycles. The van der Waals surface area contributed by atoms with Gasteiger partial charge in [-0.2, -0.15) is 0 Å². The van der Waals surface area contributed by atoms with Gasteiger partial charge in [-0.25, -0.2) is 9.78 Å². The third-order valence-electron chi connectivity index (χ3n) is 2.08. The van der Waals surface area contributed by atoms with E-state index in [2.05, 4.69) is 4.98 Å². The highest BCUT2D eigenvalue weighted by atomic mass is 32.2. The van der Waals surface area contributed by atoms with Crippen molar-refractivity contribution in [2.75, 3.05) is 5.73 Å². The fourth-order valence-electron chi connectivity index (χ4n) is 1.27. The number of anilines is 1. The van der Waals surface area contributed by atoms with Crippen molar-refractivity contribution in [1.29, 1.82) is 0 Å². The summed E-state index contributed by atoms with van der Waals surface area (Å²) in [7, 11) is 0. The molecule has 0 fully saturated rings. The molecule has 0 aliphatic rings. The summed E-state index contributed by atoms with van der Waals surface area (Å²) in [5.41, 5.74) is 6.98. The van der Waals surface area contributed by atoms with E-state index in [0.29, 0.717) is 16.3 Å². The average Bonchev–Trinajstić information content (AvgIpc) is 2.76. The second-order valence-corrected chi connectivity index (χ2v) is 5.21. The molecular weight excluding hydrogens is 256 g/mol. The number of carboxylic acids is 1. The van der Waals surface area contributed by atoms with Crippen molar-refractivity contribution in [2.24, 2.45) is 0 Å². The van der Waals surface area contributed by atoms with Crippen molar-refractivity contribution in [1.82, 2.24) is 4.98 Å². The molecule has 0 radical (unpaired) electrons. The summed E-state index contributed by atoms with van der Waals surface area (Å²) in [6.07, 6.45) is 1.59. The minimum absolute atomic E-state index is 0.396. The number of nitrogens with two attached hydrogens (primary N) is 1. The quantitative estimate of drug-likeness (QED) is 0.832. The van der Waals surface area contributed by atoms with Crippen molar-refractivity contribution < 1.29 is 9.90 Å². The Hall–Kier alpha value is -1.53. The molecule has 88 valence electrons. The first-order valence-corrected chi connectivity index (χ1v) is 6.67. The molecule has 0 amide bonds. The molecule has 0 spiro atoms. The van der Waals surface area contributed by atoms with E-state index < -0.39 is 5.97 Å². The summed E-state index contributed by atoms with van der Waals surface area (Å²) in [4.78, 5) is 15.5. The second kappa shape index (κ2) is 5.20. The summed E-state index contributed by atoms with van der Waals surface area (Å²) >= 11 is 2.74. The van der Waals surface area contributed by atoms with E-state index in [4.69, 9.17) is 10.8 Å². The van der Waals surface area contributed by atoms with E-state index in [1.54, 1.807) is 17.6 Å². The van der Waals surface area contributed by atoms with Crippen LogP contribution in [0.15, 0.2) is 34.8 Å². The summed E-state index contributed by atoms with van der Waals surface area (Å²) in [5, 5.41) is 11.6. The highest BCUT2D eigenvalue weighted by Gasteiger charge is 2.11. The zero-order chi connectivity index (χ0) is 12.3. The molecule has 0 unspecified atom stereocenters. The van der Waals surface area contributed by atoms with Gasteiger partial charge in [0.25, 0.3) is 0 Å². The zero-order valence-electron chi connectivity index (χ0n) is 8.79. The van der Waals surface area contributed by atoms with Gasteiger partial charge in [0.2, 0.25) is 0 Å². The van der Waals surface area contributed by atoms with Crippen LogP contribution in [0.4, 0.5) is 5.69 Å². The highest BCUT2D eigenvalue weighted by Crippen LogP contribution is 2.26. The monoisotopic (exact) mass is 266 g/mol. The molecule has 2 rings (SSSR count). The normalized spacial score (nSPS) is 10.4. The number of aromatic carboxylic acids is 1. The molecule has 0 atom stereocenters. The SMILES string of the molecule is Nc1ccc(SCc2ccsc2C(=O)O)nc1. The lowest BCUT2D eigenvalue weighted by Gasteiger charge is -2.01. The van der Waals surface area contributed by atoms with Crippen LogP contribution < -0.4 is 5.73 Å². The van der Waals surface area contributed by atoms with Crippen molar-refractivity contribution in [3.05, 3.63) is 40.2 Å². The zero-order valence-corrected chi connectivity index (χ0v) is 10.4. The van der Waals surface area contributed by atoms with Gasteiger partial charge in [0, 0.05) is 5.75 Å². The molecule has 0 aliphatic carbocycles. The van der Waals surface area contributed by atoms with E-state index in [9.17, 15) is 4.79 Å². The van der Waals surface area contributed by atoms with Crippen LogP contribution in [0.25, 0.3) is 0 Å². The fraction of sp³-hybridized carbons (Fsp3) is 0.0909. The number of aromatic nitrogens is 1. The number of hydrogen-bond acceptors (Lipinski definition) is 5. The third-order valence-corrected chi connectivity index (χ3v) is 4.01. The Balaban J connectivity index is 2.05. The summed E-state index contributed by atoms with van der Waals surface area (Å²) in [6.45, 7) is 0. The third kappa shape index (κ3) is 2.98. The van der Waals surface area contributed by atoms with Crippen LogP contribution in [-0.4, -0.2) is 16.1 Å². The van der Waals surface area contributed by atoms with Gasteiger partial charge in [0.1, 0.15) is 4.88 Å². The van der Waals surface area contributed by atoms with Gasteiger partial charge in [-0.15, -0.1) is 23.1 Å². The van der Waals surface area contributed by atoms with E-state index in [1.807, 2.05) is 12.1 Å². The van der Waals surface area contributed by atoms with Gasteiger partial charge >= 0.3 is 5.97 Å². The number of thioether (sulfide) groups is 1. The Labute approximate surface area is 106 Å². The molecule has 3 N–H and O–H groups in total. The van der Waals surface area contributed by atoms with E-state index >= 15 is 0 Å². The topological polar surface area (TPSA) is 76.2 Å². The maximum absolute atomic E-state index is 10.9. The molecule has 0 saturated carbocycles. The highest BCUT2D eigenvalue weighted by molar-refractivity contribution is 7.98. The smallest absolute Gasteiger partial charge is 0.346 e. The van der Waals surface area contributed by atoms with E-state index in [1.165, 1.54) is 23.1 Å². The van der Waals surface area contributed by atoms with Gasteiger partial charge in [-0.1, -0.05) is 0 Å². The maximum atomic E-state index is 10.9. The number of thiophene rings is 1. The van der Waals surface area contributed by atoms with E-state index in [0.717, 1.165) is 10.6 Å². The van der Waals surface area contributed by atoms with Crippen molar-refractivity contribution >= 4 is 34.8 Å². The van der Waals surface area contributed by atoms with Crippen molar-refractivity contribution in [3.63, 3.8) is 0 Å². The van der Waals surface area contributed by atoms with Crippen LogP contribution in [0, 0.1) is 0 Å². The predicted octanol–water partition coefficient (Wildman–Crippen LogP) is 2.72. The lowest BCUT2D eigenvalue weighted by Crippen LogP contribution is -1.96. The number of carboxylic acid groups (broad SMARTS) is 1. The molecule has 0 bridgehead atoms. The molecule has 2 heterocycles. The van der Waals surface area contributed by atoms with Gasteiger partial charge in [0.15, 0.2) is 0 Å². The fourth-order valence-corrected chi connectivity index (χ4v) is 2.95. The number of nitrogen functional groups attached to an aromatic ring is 1.